The van der Waals surface area contributed by atoms with Crippen LogP contribution in [0.25, 0.3) is 0 Å². The fourth-order valence-corrected chi connectivity index (χ4v) is 3.16. The van der Waals surface area contributed by atoms with Crippen LogP contribution in [0, 0.1) is 5.92 Å². The predicted octanol–water partition coefficient (Wildman–Crippen LogP) is 2.96. The molecule has 3 rings (SSSR count). The van der Waals surface area contributed by atoms with Gasteiger partial charge in [0.25, 0.3) is 0 Å². The summed E-state index contributed by atoms with van der Waals surface area (Å²) in [5.41, 5.74) is -0.637. The SMILES string of the molecule is CCOC(=O)C1(c2nc(C3CCCC(C)C3)no2)CC1. The van der Waals surface area contributed by atoms with Crippen molar-refractivity contribution in [2.45, 2.75) is 63.7 Å². The van der Waals surface area contributed by atoms with E-state index >= 15 is 0 Å². The molecule has 0 saturated heterocycles. The first kappa shape index (κ1) is 13.6. The minimum Gasteiger partial charge on any atom is -0.465 e. The number of aromatic nitrogens is 2. The first-order chi connectivity index (χ1) is 9.65. The van der Waals surface area contributed by atoms with Crippen molar-refractivity contribution in [3.8, 4) is 0 Å². The summed E-state index contributed by atoms with van der Waals surface area (Å²) in [6.45, 7) is 4.48. The number of hydrogen-bond donors (Lipinski definition) is 0. The summed E-state index contributed by atoms with van der Waals surface area (Å²) in [6, 6.07) is 0. The van der Waals surface area contributed by atoms with Crippen molar-refractivity contribution in [1.82, 2.24) is 10.1 Å². The largest absolute Gasteiger partial charge is 0.465 e. The minimum absolute atomic E-state index is 0.216. The van der Waals surface area contributed by atoms with E-state index in [1.807, 2.05) is 6.92 Å². The van der Waals surface area contributed by atoms with Crippen molar-refractivity contribution in [3.05, 3.63) is 11.7 Å². The summed E-state index contributed by atoms with van der Waals surface area (Å²) in [5, 5.41) is 4.13. The van der Waals surface area contributed by atoms with Gasteiger partial charge in [-0.15, -0.1) is 0 Å². The molecule has 110 valence electrons. The third-order valence-electron chi connectivity index (χ3n) is 4.57. The lowest BCUT2D eigenvalue weighted by Crippen LogP contribution is -2.23. The third kappa shape index (κ3) is 2.34. The molecule has 0 bridgehead atoms. The summed E-state index contributed by atoms with van der Waals surface area (Å²) >= 11 is 0. The Balaban J connectivity index is 1.75. The van der Waals surface area contributed by atoms with Gasteiger partial charge in [-0.25, -0.2) is 0 Å². The van der Waals surface area contributed by atoms with Crippen molar-refractivity contribution >= 4 is 5.97 Å². The van der Waals surface area contributed by atoms with Crippen LogP contribution >= 0.6 is 0 Å². The zero-order valence-electron chi connectivity index (χ0n) is 12.2. The van der Waals surface area contributed by atoms with Crippen molar-refractivity contribution in [3.63, 3.8) is 0 Å². The van der Waals surface area contributed by atoms with Crippen LogP contribution in [0.15, 0.2) is 4.52 Å². The van der Waals surface area contributed by atoms with Gasteiger partial charge in [-0.2, -0.15) is 4.98 Å². The van der Waals surface area contributed by atoms with Crippen LogP contribution in [0.4, 0.5) is 0 Å². The first-order valence-electron chi connectivity index (χ1n) is 7.67. The highest BCUT2D eigenvalue weighted by atomic mass is 16.5. The lowest BCUT2D eigenvalue weighted by molar-refractivity contribution is -0.146. The van der Waals surface area contributed by atoms with E-state index in [0.717, 1.165) is 37.4 Å². The second-order valence-corrected chi connectivity index (χ2v) is 6.23. The van der Waals surface area contributed by atoms with Crippen LogP contribution in [0.5, 0.6) is 0 Å². The lowest BCUT2D eigenvalue weighted by Gasteiger charge is -2.23. The highest BCUT2D eigenvalue weighted by Gasteiger charge is 2.57. The maximum Gasteiger partial charge on any atom is 0.321 e. The Labute approximate surface area is 119 Å². The number of carbonyl (C=O) groups excluding carboxylic acids is 1. The normalized spacial score (nSPS) is 28.1. The van der Waals surface area contributed by atoms with Gasteiger partial charge in [0.2, 0.25) is 5.89 Å². The Morgan fingerprint density at radius 3 is 2.90 bits per heavy atom. The van der Waals surface area contributed by atoms with Crippen molar-refractivity contribution < 1.29 is 14.1 Å². The Bertz CT molecular complexity index is 493. The molecule has 2 fully saturated rings. The fourth-order valence-electron chi connectivity index (χ4n) is 3.16. The third-order valence-corrected chi connectivity index (χ3v) is 4.57. The molecule has 2 aliphatic carbocycles. The van der Waals surface area contributed by atoms with E-state index in [1.165, 1.54) is 12.8 Å². The average molecular weight is 278 g/mol. The number of nitrogens with zero attached hydrogens (tertiary/aromatic N) is 2. The molecule has 0 radical (unpaired) electrons. The topological polar surface area (TPSA) is 65.2 Å². The van der Waals surface area contributed by atoms with Crippen LogP contribution in [-0.2, 0) is 14.9 Å². The summed E-state index contributed by atoms with van der Waals surface area (Å²) in [6.07, 6.45) is 6.26. The Hall–Kier alpha value is -1.39. The fraction of sp³-hybridized carbons (Fsp3) is 0.800. The Kier molecular flexibility index (Phi) is 3.52. The molecule has 0 aliphatic heterocycles. The highest BCUT2D eigenvalue weighted by molar-refractivity contribution is 5.85. The van der Waals surface area contributed by atoms with Crippen LogP contribution < -0.4 is 0 Å². The van der Waals surface area contributed by atoms with Crippen molar-refractivity contribution in [2.75, 3.05) is 6.61 Å². The number of esters is 1. The number of hydrogen-bond acceptors (Lipinski definition) is 5. The van der Waals surface area contributed by atoms with Gasteiger partial charge in [0.1, 0.15) is 5.41 Å². The molecule has 0 amide bonds. The van der Waals surface area contributed by atoms with Crippen LogP contribution in [0.2, 0.25) is 0 Å². The van der Waals surface area contributed by atoms with Crippen LogP contribution in [0.1, 0.15) is 70.0 Å². The molecule has 5 nitrogen and oxygen atoms in total. The molecule has 2 aliphatic rings. The van der Waals surface area contributed by atoms with E-state index in [-0.39, 0.29) is 5.97 Å². The number of rotatable bonds is 4. The Morgan fingerprint density at radius 1 is 1.45 bits per heavy atom. The number of carbonyl (C=O) groups is 1. The van der Waals surface area contributed by atoms with E-state index in [9.17, 15) is 4.79 Å². The van der Waals surface area contributed by atoms with Gasteiger partial charge in [-0.05, 0) is 38.5 Å². The molecule has 0 N–H and O–H groups in total. The van der Waals surface area contributed by atoms with Crippen molar-refractivity contribution in [1.29, 1.82) is 0 Å². The molecule has 2 saturated carbocycles. The summed E-state index contributed by atoms with van der Waals surface area (Å²) < 4.78 is 10.5. The molecule has 1 heterocycles. The van der Waals surface area contributed by atoms with Gasteiger partial charge >= 0.3 is 5.97 Å². The zero-order chi connectivity index (χ0) is 14.2. The van der Waals surface area contributed by atoms with E-state index < -0.39 is 5.41 Å². The van der Waals surface area contributed by atoms with Gasteiger partial charge in [0.05, 0.1) is 6.61 Å². The molecular weight excluding hydrogens is 256 g/mol. The molecule has 0 spiro atoms. The van der Waals surface area contributed by atoms with Crippen molar-refractivity contribution in [2.24, 2.45) is 5.92 Å². The monoisotopic (exact) mass is 278 g/mol. The summed E-state index contributed by atoms with van der Waals surface area (Å²) in [4.78, 5) is 16.5. The van der Waals surface area contributed by atoms with Gasteiger partial charge in [0, 0.05) is 5.92 Å². The summed E-state index contributed by atoms with van der Waals surface area (Å²) in [7, 11) is 0. The van der Waals surface area contributed by atoms with E-state index in [4.69, 9.17) is 9.26 Å². The molecule has 20 heavy (non-hydrogen) atoms. The standard InChI is InChI=1S/C15H22N2O3/c1-3-19-14(18)15(7-8-15)13-16-12(17-20-13)11-6-4-5-10(2)9-11/h10-11H,3-9H2,1-2H3. The lowest BCUT2D eigenvalue weighted by atomic mass is 9.82. The first-order valence-corrected chi connectivity index (χ1v) is 7.67. The molecule has 1 aromatic heterocycles. The smallest absolute Gasteiger partial charge is 0.321 e. The molecular formula is C15H22N2O3. The quantitative estimate of drug-likeness (QED) is 0.792. The minimum atomic E-state index is -0.637. The van der Waals surface area contributed by atoms with E-state index in [2.05, 4.69) is 17.1 Å². The molecule has 1 aromatic rings. The molecule has 2 atom stereocenters. The van der Waals surface area contributed by atoms with Crippen LogP contribution in [-0.4, -0.2) is 22.7 Å². The van der Waals surface area contributed by atoms with Gasteiger partial charge in [-0.3, -0.25) is 4.79 Å². The predicted molar refractivity (Wildman–Crippen MR) is 72.2 cm³/mol. The average Bonchev–Trinajstić information content (AvgIpc) is 3.10. The second kappa shape index (κ2) is 5.19. The highest BCUT2D eigenvalue weighted by Crippen LogP contribution is 2.49. The maximum atomic E-state index is 12.0. The molecule has 0 aromatic carbocycles. The summed E-state index contributed by atoms with van der Waals surface area (Å²) in [5.74, 6) is 2.13. The van der Waals surface area contributed by atoms with Gasteiger partial charge < -0.3 is 9.26 Å². The van der Waals surface area contributed by atoms with Gasteiger partial charge in [-0.1, -0.05) is 24.9 Å². The second-order valence-electron chi connectivity index (χ2n) is 6.23. The zero-order valence-corrected chi connectivity index (χ0v) is 12.2. The Morgan fingerprint density at radius 2 is 2.25 bits per heavy atom. The molecule has 2 unspecified atom stereocenters. The van der Waals surface area contributed by atoms with E-state index in [1.54, 1.807) is 0 Å². The van der Waals surface area contributed by atoms with E-state index in [0.29, 0.717) is 18.4 Å². The maximum absolute atomic E-state index is 12.0. The number of ether oxygens (including phenoxy) is 1. The van der Waals surface area contributed by atoms with Crippen LogP contribution in [0.3, 0.4) is 0 Å². The molecule has 5 heteroatoms. The van der Waals surface area contributed by atoms with Gasteiger partial charge in [0.15, 0.2) is 5.82 Å².